The molecule has 22 heavy (non-hydrogen) atoms. The summed E-state index contributed by atoms with van der Waals surface area (Å²) in [6, 6.07) is 0. The van der Waals surface area contributed by atoms with Gasteiger partial charge in [-0.25, -0.2) is 0 Å². The molecule has 0 aromatic heterocycles. The Morgan fingerprint density at radius 3 is 1.95 bits per heavy atom. The fourth-order valence-electron chi connectivity index (χ4n) is 5.55. The topological polar surface area (TPSA) is 0 Å². The Bertz CT molecular complexity index is 388. The fraction of sp³-hybridized carbons (Fsp3) is 0.900. The summed E-state index contributed by atoms with van der Waals surface area (Å²) in [7, 11) is 4.97. The summed E-state index contributed by atoms with van der Waals surface area (Å²) >= 11 is 0. The molecule has 126 valence electrons. The van der Waals surface area contributed by atoms with Crippen molar-refractivity contribution in [2.75, 3.05) is 53.4 Å². The Labute approximate surface area is 138 Å². The minimum Gasteiger partial charge on any atom is -0.326 e. The molecule has 0 amide bonds. The van der Waals surface area contributed by atoms with Crippen molar-refractivity contribution in [1.29, 1.82) is 0 Å². The van der Waals surface area contributed by atoms with Crippen molar-refractivity contribution >= 4 is 0 Å². The summed E-state index contributed by atoms with van der Waals surface area (Å²) in [5.41, 5.74) is 0. The lowest BCUT2D eigenvalue weighted by atomic mass is 9.64. The lowest BCUT2D eigenvalue weighted by Crippen LogP contribution is -2.46. The van der Waals surface area contributed by atoms with E-state index < -0.39 is 0 Å². The molecule has 0 spiro atoms. The summed E-state index contributed by atoms with van der Waals surface area (Å²) in [6.45, 7) is 12.9. The second kappa shape index (κ2) is 6.28. The van der Waals surface area contributed by atoms with Crippen LogP contribution in [0.25, 0.3) is 0 Å². The number of rotatable bonds is 7. The summed E-state index contributed by atoms with van der Waals surface area (Å²) < 4.78 is 2.62. The van der Waals surface area contributed by atoms with Crippen molar-refractivity contribution in [1.82, 2.24) is 0 Å². The quantitative estimate of drug-likeness (QED) is 0.383. The number of hydrogen-bond acceptors (Lipinski definition) is 0. The first-order valence-electron chi connectivity index (χ1n) is 9.84. The van der Waals surface area contributed by atoms with Gasteiger partial charge in [-0.3, -0.25) is 0 Å². The second-order valence-corrected chi connectivity index (χ2v) is 9.01. The van der Waals surface area contributed by atoms with Crippen molar-refractivity contribution < 1.29 is 8.97 Å². The van der Waals surface area contributed by atoms with Crippen molar-refractivity contribution in [2.24, 2.45) is 23.7 Å². The van der Waals surface area contributed by atoms with Gasteiger partial charge < -0.3 is 8.97 Å². The molecular weight excluding hydrogens is 268 g/mol. The highest BCUT2D eigenvalue weighted by Gasteiger charge is 2.51. The minimum absolute atomic E-state index is 0.926. The second-order valence-electron chi connectivity index (χ2n) is 9.01. The highest BCUT2D eigenvalue weighted by atomic mass is 15.4. The van der Waals surface area contributed by atoms with Crippen LogP contribution in [0.4, 0.5) is 0 Å². The molecule has 4 atom stereocenters. The third-order valence-corrected chi connectivity index (χ3v) is 7.56. The standard InChI is InChI=1S/C20H38N2/c1-5-21(3,6-2)13-7-8-14-22(4)15-19-17-9-10-18(12-11-17)20(19)16-22/h9-10,17-20H,5-8,11-16H2,1-4H3/q+2. The highest BCUT2D eigenvalue weighted by Crippen LogP contribution is 2.49. The van der Waals surface area contributed by atoms with E-state index in [9.17, 15) is 0 Å². The summed E-state index contributed by atoms with van der Waals surface area (Å²) in [5, 5.41) is 0. The number of unbranched alkanes of at least 4 members (excludes halogenated alkanes) is 1. The van der Waals surface area contributed by atoms with Crippen LogP contribution < -0.4 is 0 Å². The third-order valence-electron chi connectivity index (χ3n) is 7.56. The molecule has 4 rings (SSSR count). The first-order valence-corrected chi connectivity index (χ1v) is 9.84. The third kappa shape index (κ3) is 3.14. The van der Waals surface area contributed by atoms with Crippen LogP contribution in [0.15, 0.2) is 12.2 Å². The Kier molecular flexibility index (Phi) is 4.71. The number of hydrogen-bond donors (Lipinski definition) is 0. The average Bonchev–Trinajstić information content (AvgIpc) is 2.92. The van der Waals surface area contributed by atoms with Crippen LogP contribution in [0.3, 0.4) is 0 Å². The molecule has 4 aliphatic rings. The summed E-state index contributed by atoms with van der Waals surface area (Å²) in [6.07, 6.45) is 10.9. The molecule has 1 saturated heterocycles. The predicted molar refractivity (Wildman–Crippen MR) is 94.5 cm³/mol. The van der Waals surface area contributed by atoms with E-state index in [0.717, 1.165) is 23.7 Å². The molecule has 2 nitrogen and oxygen atoms in total. The molecule has 0 radical (unpaired) electrons. The SMILES string of the molecule is CC[N+](C)(CC)CCCC[N+]1(C)CC2C3C=CC(CC3)C2C1. The molecule has 0 N–H and O–H groups in total. The van der Waals surface area contributed by atoms with Gasteiger partial charge in [-0.15, -0.1) is 0 Å². The van der Waals surface area contributed by atoms with E-state index in [1.807, 2.05) is 0 Å². The van der Waals surface area contributed by atoms with Gasteiger partial charge in [-0.2, -0.15) is 0 Å². The van der Waals surface area contributed by atoms with Crippen molar-refractivity contribution in [3.63, 3.8) is 0 Å². The van der Waals surface area contributed by atoms with Gasteiger partial charge in [0.05, 0.1) is 53.4 Å². The van der Waals surface area contributed by atoms with Crippen LogP contribution >= 0.6 is 0 Å². The van der Waals surface area contributed by atoms with Gasteiger partial charge in [0.15, 0.2) is 0 Å². The maximum atomic E-state index is 2.57. The first kappa shape index (κ1) is 16.5. The van der Waals surface area contributed by atoms with Crippen LogP contribution in [-0.2, 0) is 0 Å². The zero-order valence-corrected chi connectivity index (χ0v) is 15.4. The zero-order valence-electron chi connectivity index (χ0n) is 15.4. The molecule has 0 aromatic rings. The molecule has 4 unspecified atom stereocenters. The molecule has 0 aromatic carbocycles. The van der Waals surface area contributed by atoms with E-state index in [0.29, 0.717) is 0 Å². The van der Waals surface area contributed by atoms with Gasteiger partial charge in [0, 0.05) is 24.7 Å². The lowest BCUT2D eigenvalue weighted by molar-refractivity contribution is -0.910. The largest absolute Gasteiger partial charge is 0.326 e. The first-order chi connectivity index (χ1) is 10.5. The van der Waals surface area contributed by atoms with Crippen LogP contribution in [0.2, 0.25) is 0 Å². The van der Waals surface area contributed by atoms with Crippen LogP contribution in [0.5, 0.6) is 0 Å². The Balaban J connectivity index is 1.48. The van der Waals surface area contributed by atoms with Gasteiger partial charge in [-0.05, 0) is 38.5 Å². The van der Waals surface area contributed by atoms with Gasteiger partial charge in [0.25, 0.3) is 0 Å². The molecular formula is C20H38N2+2. The lowest BCUT2D eigenvalue weighted by Gasteiger charge is -2.38. The van der Waals surface area contributed by atoms with Crippen molar-refractivity contribution in [2.45, 2.75) is 39.5 Å². The molecule has 3 aliphatic carbocycles. The van der Waals surface area contributed by atoms with E-state index in [1.54, 1.807) is 0 Å². The summed E-state index contributed by atoms with van der Waals surface area (Å²) in [4.78, 5) is 0. The fourth-order valence-corrected chi connectivity index (χ4v) is 5.55. The number of nitrogens with zero attached hydrogens (tertiary/aromatic N) is 2. The van der Waals surface area contributed by atoms with Crippen molar-refractivity contribution in [3.8, 4) is 0 Å². The Morgan fingerprint density at radius 2 is 1.50 bits per heavy atom. The zero-order chi connectivity index (χ0) is 15.8. The predicted octanol–water partition coefficient (Wildman–Crippen LogP) is 3.54. The Hall–Kier alpha value is -0.340. The maximum Gasteiger partial charge on any atom is 0.0824 e. The van der Waals surface area contributed by atoms with Gasteiger partial charge in [0.2, 0.25) is 0 Å². The summed E-state index contributed by atoms with van der Waals surface area (Å²) in [5.74, 6) is 3.88. The van der Waals surface area contributed by atoms with Crippen LogP contribution in [0.1, 0.15) is 39.5 Å². The molecule has 1 aliphatic heterocycles. The van der Waals surface area contributed by atoms with E-state index in [1.165, 1.54) is 73.9 Å². The highest BCUT2D eigenvalue weighted by molar-refractivity contribution is 5.10. The number of likely N-dealkylation sites (tertiary alicyclic amines) is 1. The average molecular weight is 307 g/mol. The Morgan fingerprint density at radius 1 is 0.955 bits per heavy atom. The minimum atomic E-state index is 0.926. The van der Waals surface area contributed by atoms with Gasteiger partial charge >= 0.3 is 0 Å². The van der Waals surface area contributed by atoms with Crippen molar-refractivity contribution in [3.05, 3.63) is 12.2 Å². The van der Waals surface area contributed by atoms with E-state index >= 15 is 0 Å². The van der Waals surface area contributed by atoms with Gasteiger partial charge in [-0.1, -0.05) is 12.2 Å². The number of allylic oxidation sites excluding steroid dienone is 2. The van der Waals surface area contributed by atoms with Crippen LogP contribution in [0, 0.1) is 23.7 Å². The molecule has 2 fully saturated rings. The molecule has 1 heterocycles. The molecule has 2 bridgehead atoms. The maximum absolute atomic E-state index is 2.57. The smallest absolute Gasteiger partial charge is 0.0824 e. The van der Waals surface area contributed by atoms with Crippen LogP contribution in [-0.4, -0.2) is 62.3 Å². The number of fused-ring (bicyclic) bond motifs is 1. The van der Waals surface area contributed by atoms with Gasteiger partial charge in [0.1, 0.15) is 0 Å². The van der Waals surface area contributed by atoms with E-state index in [4.69, 9.17) is 0 Å². The van der Waals surface area contributed by atoms with E-state index in [2.05, 4.69) is 40.1 Å². The molecule has 2 heteroatoms. The normalized spacial score (nSPS) is 40.2. The molecule has 1 saturated carbocycles. The number of quaternary nitrogens is 2. The van der Waals surface area contributed by atoms with E-state index in [-0.39, 0.29) is 0 Å². The monoisotopic (exact) mass is 306 g/mol.